The summed E-state index contributed by atoms with van der Waals surface area (Å²) >= 11 is 0. The molecule has 0 fully saturated rings. The van der Waals surface area contributed by atoms with Crippen LogP contribution >= 0.6 is 0 Å². The average molecular weight is 362 g/mol. The van der Waals surface area contributed by atoms with Gasteiger partial charge in [-0.3, -0.25) is 0 Å². The highest BCUT2D eigenvalue weighted by molar-refractivity contribution is 7.92. The normalized spacial score (nSPS) is 13.9. The van der Waals surface area contributed by atoms with Crippen molar-refractivity contribution >= 4 is 19.9 Å². The van der Waals surface area contributed by atoms with Crippen molar-refractivity contribution in [2.45, 2.75) is 15.9 Å². The van der Waals surface area contributed by atoms with Gasteiger partial charge in [0.15, 0.2) is 9.84 Å². The van der Waals surface area contributed by atoms with Crippen molar-refractivity contribution in [1.29, 1.82) is 0 Å². The Kier molecular flexibility index (Phi) is 4.76. The summed E-state index contributed by atoms with van der Waals surface area (Å²) in [6.45, 7) is -0.272. The molecule has 0 aliphatic heterocycles. The minimum absolute atomic E-state index is 0.254. The molecule has 1 aromatic carbocycles. The molecule has 0 spiro atoms. The highest BCUT2D eigenvalue weighted by atomic mass is 32.2. The molecule has 126 valence electrons. The number of primary sulfonamides is 1. The number of aromatic amines is 1. The summed E-state index contributed by atoms with van der Waals surface area (Å²) in [7, 11) is -8.33. The highest BCUT2D eigenvalue weighted by Gasteiger charge is 2.29. The molecule has 23 heavy (non-hydrogen) atoms. The molecule has 0 amide bonds. The first-order chi connectivity index (χ1) is 10.7. The van der Waals surface area contributed by atoms with Crippen LogP contribution in [0.3, 0.4) is 0 Å². The van der Waals surface area contributed by atoms with Crippen LogP contribution in [0.5, 0.6) is 0 Å². The Morgan fingerprint density at radius 3 is 2.39 bits per heavy atom. The third-order valence-electron chi connectivity index (χ3n) is 2.88. The van der Waals surface area contributed by atoms with Crippen LogP contribution in [0.15, 0.2) is 28.0 Å². The first-order valence-corrected chi connectivity index (χ1v) is 9.37. The van der Waals surface area contributed by atoms with Gasteiger partial charge in [-0.05, 0) is 17.3 Å². The zero-order valence-corrected chi connectivity index (χ0v) is 13.2. The Hall–Kier alpha value is -1.93. The molecule has 1 atom stereocenters. The molecule has 0 aliphatic rings. The number of aromatic nitrogens is 4. The predicted molar refractivity (Wildman–Crippen MR) is 78.1 cm³/mol. The van der Waals surface area contributed by atoms with E-state index in [-0.39, 0.29) is 17.9 Å². The summed E-state index contributed by atoms with van der Waals surface area (Å²) in [5.41, 5.74) is 4.91. The van der Waals surface area contributed by atoms with Crippen LogP contribution in [0.25, 0.3) is 11.4 Å². The SMILES string of the molecule is NCC(O)CS(=O)(=O)c1cccc(S(N)(=O)=O)c1-c1nn[nH]n1. The number of H-pyrrole nitrogens is 1. The summed E-state index contributed by atoms with van der Waals surface area (Å²) in [4.78, 5) is -0.861. The van der Waals surface area contributed by atoms with Crippen molar-refractivity contribution in [3.05, 3.63) is 18.2 Å². The average Bonchev–Trinajstić information content (AvgIpc) is 2.99. The van der Waals surface area contributed by atoms with Gasteiger partial charge in [0.2, 0.25) is 15.8 Å². The van der Waals surface area contributed by atoms with Crippen LogP contribution < -0.4 is 10.9 Å². The number of aliphatic hydroxyl groups excluding tert-OH is 1. The topological polar surface area (TPSA) is 195 Å². The number of aliphatic hydroxyl groups is 1. The number of rotatable bonds is 6. The number of nitrogens with two attached hydrogens (primary N) is 2. The molecular weight excluding hydrogens is 348 g/mol. The lowest BCUT2D eigenvalue weighted by Crippen LogP contribution is -2.29. The highest BCUT2D eigenvalue weighted by Crippen LogP contribution is 2.31. The van der Waals surface area contributed by atoms with Crippen molar-refractivity contribution in [2.75, 3.05) is 12.3 Å². The summed E-state index contributed by atoms with van der Waals surface area (Å²) in [6.07, 6.45) is -1.31. The van der Waals surface area contributed by atoms with Crippen molar-refractivity contribution in [3.8, 4) is 11.4 Å². The standard InChI is InChI=1S/C10H14N6O5S2/c11-4-6(17)5-22(18,19)7-2-1-3-8(23(12,20)21)9(7)10-13-15-16-14-10/h1-3,6,17H,4-5,11H2,(H2,12,20,21)(H,13,14,15,16). The number of nitrogens with zero attached hydrogens (tertiary/aromatic N) is 3. The van der Waals surface area contributed by atoms with Gasteiger partial charge in [0.1, 0.15) is 0 Å². The Balaban J connectivity index is 2.75. The molecule has 0 radical (unpaired) electrons. The molecular formula is C10H14N6O5S2. The smallest absolute Gasteiger partial charge is 0.238 e. The third kappa shape index (κ3) is 3.70. The van der Waals surface area contributed by atoms with Gasteiger partial charge in [-0.1, -0.05) is 6.07 Å². The van der Waals surface area contributed by atoms with E-state index in [1.54, 1.807) is 0 Å². The van der Waals surface area contributed by atoms with Crippen molar-refractivity contribution < 1.29 is 21.9 Å². The van der Waals surface area contributed by atoms with Gasteiger partial charge >= 0.3 is 0 Å². The largest absolute Gasteiger partial charge is 0.391 e. The minimum atomic E-state index is -4.25. The van der Waals surface area contributed by atoms with Gasteiger partial charge in [-0.15, -0.1) is 10.2 Å². The second-order valence-electron chi connectivity index (χ2n) is 4.58. The van der Waals surface area contributed by atoms with E-state index in [2.05, 4.69) is 20.6 Å². The molecule has 1 heterocycles. The van der Waals surface area contributed by atoms with E-state index in [0.717, 1.165) is 6.07 Å². The van der Waals surface area contributed by atoms with E-state index in [1.165, 1.54) is 12.1 Å². The molecule has 2 aromatic rings. The van der Waals surface area contributed by atoms with Crippen LogP contribution in [0, 0.1) is 0 Å². The van der Waals surface area contributed by atoms with Crippen molar-refractivity contribution in [3.63, 3.8) is 0 Å². The van der Waals surface area contributed by atoms with Crippen LogP contribution in [-0.2, 0) is 19.9 Å². The lowest BCUT2D eigenvalue weighted by Gasteiger charge is -2.13. The second-order valence-corrected chi connectivity index (χ2v) is 8.11. The van der Waals surface area contributed by atoms with Gasteiger partial charge in [0.25, 0.3) is 0 Å². The molecule has 0 saturated heterocycles. The van der Waals surface area contributed by atoms with Gasteiger partial charge in [0.05, 0.1) is 27.2 Å². The number of sulfonamides is 1. The van der Waals surface area contributed by atoms with Crippen molar-refractivity contribution in [1.82, 2.24) is 20.6 Å². The Morgan fingerprint density at radius 2 is 1.87 bits per heavy atom. The third-order valence-corrected chi connectivity index (χ3v) is 5.67. The van der Waals surface area contributed by atoms with E-state index >= 15 is 0 Å². The van der Waals surface area contributed by atoms with Crippen LogP contribution in [0.1, 0.15) is 0 Å². The monoisotopic (exact) mass is 362 g/mol. The summed E-state index contributed by atoms with van der Waals surface area (Å²) < 4.78 is 48.4. The quantitative estimate of drug-likeness (QED) is 0.433. The first-order valence-electron chi connectivity index (χ1n) is 6.17. The van der Waals surface area contributed by atoms with E-state index < -0.39 is 41.5 Å². The molecule has 0 saturated carbocycles. The number of hydrogen-bond acceptors (Lipinski definition) is 9. The summed E-state index contributed by atoms with van der Waals surface area (Å²) in [5.74, 6) is -0.946. The minimum Gasteiger partial charge on any atom is -0.391 e. The van der Waals surface area contributed by atoms with E-state index in [0.29, 0.717) is 0 Å². The molecule has 13 heteroatoms. The molecule has 0 bridgehead atoms. The maximum atomic E-state index is 12.5. The fraction of sp³-hybridized carbons (Fsp3) is 0.300. The molecule has 6 N–H and O–H groups in total. The van der Waals surface area contributed by atoms with Crippen LogP contribution in [-0.4, -0.2) is 61.0 Å². The first kappa shape index (κ1) is 17.4. The fourth-order valence-corrected chi connectivity index (χ4v) is 4.35. The van der Waals surface area contributed by atoms with Gasteiger partial charge in [-0.25, -0.2) is 22.0 Å². The Morgan fingerprint density at radius 1 is 1.22 bits per heavy atom. The second kappa shape index (κ2) is 6.29. The molecule has 1 aromatic heterocycles. The van der Waals surface area contributed by atoms with E-state index in [4.69, 9.17) is 10.9 Å². The van der Waals surface area contributed by atoms with Gasteiger partial charge in [-0.2, -0.15) is 5.21 Å². The van der Waals surface area contributed by atoms with Crippen LogP contribution in [0.2, 0.25) is 0 Å². The van der Waals surface area contributed by atoms with E-state index in [9.17, 15) is 21.9 Å². The summed E-state index contributed by atoms with van der Waals surface area (Å²) in [5, 5.41) is 27.3. The van der Waals surface area contributed by atoms with Gasteiger partial charge in [0, 0.05) is 6.54 Å². The molecule has 1 unspecified atom stereocenters. The zero-order chi connectivity index (χ0) is 17.3. The molecule has 2 rings (SSSR count). The fourth-order valence-electron chi connectivity index (χ4n) is 1.91. The van der Waals surface area contributed by atoms with Crippen molar-refractivity contribution in [2.24, 2.45) is 10.9 Å². The molecule has 11 nitrogen and oxygen atoms in total. The lowest BCUT2D eigenvalue weighted by atomic mass is 10.2. The Labute approximate surface area is 131 Å². The number of sulfone groups is 1. The number of nitrogens with one attached hydrogen (secondary N) is 1. The number of tetrazole rings is 1. The Bertz CT molecular complexity index is 894. The number of hydrogen-bond donors (Lipinski definition) is 4. The van der Waals surface area contributed by atoms with Gasteiger partial charge < -0.3 is 10.8 Å². The maximum absolute atomic E-state index is 12.5. The summed E-state index contributed by atoms with van der Waals surface area (Å²) in [6, 6.07) is 3.50. The number of benzene rings is 1. The molecule has 0 aliphatic carbocycles. The van der Waals surface area contributed by atoms with E-state index in [1.807, 2.05) is 0 Å². The lowest BCUT2D eigenvalue weighted by molar-refractivity contribution is 0.205. The van der Waals surface area contributed by atoms with Crippen LogP contribution in [0.4, 0.5) is 0 Å². The predicted octanol–water partition coefficient (Wildman–Crippen LogP) is -2.39. The zero-order valence-electron chi connectivity index (χ0n) is 11.6. The maximum Gasteiger partial charge on any atom is 0.238 e.